The number of hydrogen-bond acceptors (Lipinski definition) is 5. The number of halogens is 3. The van der Waals surface area contributed by atoms with Crippen molar-refractivity contribution in [2.24, 2.45) is 0 Å². The van der Waals surface area contributed by atoms with Crippen molar-refractivity contribution in [2.75, 3.05) is 31.1 Å². The van der Waals surface area contributed by atoms with Gasteiger partial charge in [0.05, 0.1) is 5.56 Å². The number of benzene rings is 2. The Kier molecular flexibility index (Phi) is 5.95. The highest BCUT2D eigenvalue weighted by Gasteiger charge is 2.31. The lowest BCUT2D eigenvalue weighted by Crippen LogP contribution is -2.48. The Balaban J connectivity index is 1.34. The van der Waals surface area contributed by atoms with Crippen LogP contribution in [-0.4, -0.2) is 46.3 Å². The van der Waals surface area contributed by atoms with Crippen LogP contribution in [-0.2, 0) is 12.6 Å². The van der Waals surface area contributed by atoms with E-state index < -0.39 is 11.7 Å². The first-order chi connectivity index (χ1) is 14.8. The van der Waals surface area contributed by atoms with E-state index >= 15 is 0 Å². The van der Waals surface area contributed by atoms with Crippen molar-refractivity contribution in [3.8, 4) is 0 Å². The van der Waals surface area contributed by atoms with E-state index in [0.717, 1.165) is 28.7 Å². The van der Waals surface area contributed by atoms with E-state index in [0.29, 0.717) is 32.6 Å². The van der Waals surface area contributed by atoms with Crippen LogP contribution in [0, 0.1) is 6.92 Å². The molecule has 0 spiro atoms. The second-order valence-electron chi connectivity index (χ2n) is 7.51. The third-order valence-electron chi connectivity index (χ3n) is 5.24. The van der Waals surface area contributed by atoms with Crippen LogP contribution < -0.4 is 4.90 Å². The number of nitrogens with zero attached hydrogens (tertiary/aromatic N) is 4. The maximum absolute atomic E-state index is 12.7. The summed E-state index contributed by atoms with van der Waals surface area (Å²) < 4.78 is 42.6. The molecular weight excluding hydrogens is 425 g/mol. The molecule has 9 heteroatoms. The summed E-state index contributed by atoms with van der Waals surface area (Å²) in [6.07, 6.45) is -3.74. The summed E-state index contributed by atoms with van der Waals surface area (Å²) in [4.78, 5) is 21.0. The Hall–Kier alpha value is -2.94. The molecule has 0 saturated carbocycles. The Labute approximate surface area is 182 Å². The van der Waals surface area contributed by atoms with Crippen LogP contribution in [0.5, 0.6) is 0 Å². The van der Waals surface area contributed by atoms with Gasteiger partial charge in [-0.25, -0.2) is 4.98 Å². The Morgan fingerprint density at radius 1 is 1.00 bits per heavy atom. The van der Waals surface area contributed by atoms with Gasteiger partial charge in [-0.2, -0.15) is 17.5 Å². The third-order valence-corrected chi connectivity index (χ3v) is 6.05. The van der Waals surface area contributed by atoms with Crippen molar-refractivity contribution in [2.45, 2.75) is 19.5 Å². The smallest absolute Gasteiger partial charge is 0.343 e. The van der Waals surface area contributed by atoms with Gasteiger partial charge >= 0.3 is 6.18 Å². The van der Waals surface area contributed by atoms with Gasteiger partial charge in [0, 0.05) is 49.7 Å². The zero-order valence-electron chi connectivity index (χ0n) is 16.9. The minimum absolute atomic E-state index is 0.259. The zero-order chi connectivity index (χ0) is 22.0. The number of aryl methyl sites for hydroxylation is 1. The maximum atomic E-state index is 12.7. The number of piperazine rings is 1. The molecule has 162 valence electrons. The summed E-state index contributed by atoms with van der Waals surface area (Å²) >= 11 is 1.34. The lowest BCUT2D eigenvalue weighted by Gasteiger charge is -2.34. The van der Waals surface area contributed by atoms with E-state index in [9.17, 15) is 18.0 Å². The first-order valence-corrected chi connectivity index (χ1v) is 10.7. The topological polar surface area (TPSA) is 49.3 Å². The van der Waals surface area contributed by atoms with Crippen molar-refractivity contribution in [1.82, 2.24) is 14.3 Å². The fraction of sp³-hybridized carbons (Fsp3) is 0.318. The number of hydrogen-bond donors (Lipinski definition) is 0. The number of anilines is 1. The lowest BCUT2D eigenvalue weighted by molar-refractivity contribution is -0.137. The number of carbonyl (C=O) groups excluding carboxylic acids is 1. The summed E-state index contributed by atoms with van der Waals surface area (Å²) in [5.41, 5.74) is 1.87. The van der Waals surface area contributed by atoms with Crippen LogP contribution in [0.15, 0.2) is 48.5 Å². The lowest BCUT2D eigenvalue weighted by atomic mass is 10.1. The summed E-state index contributed by atoms with van der Waals surface area (Å²) in [7, 11) is 0. The van der Waals surface area contributed by atoms with Gasteiger partial charge in [-0.15, -0.1) is 0 Å². The van der Waals surface area contributed by atoms with Gasteiger partial charge in [-0.1, -0.05) is 29.8 Å². The molecule has 0 bridgehead atoms. The van der Waals surface area contributed by atoms with Crippen LogP contribution in [0.4, 0.5) is 18.3 Å². The molecule has 1 fully saturated rings. The van der Waals surface area contributed by atoms with Crippen LogP contribution in [0.2, 0.25) is 0 Å². The third kappa shape index (κ3) is 5.04. The largest absolute Gasteiger partial charge is 0.416 e. The SMILES string of the molecule is Cc1ccc(Cc2nsc(N3CCN(C(=O)c4ccc(C(F)(F)F)cc4)CC3)n2)cc1. The number of alkyl halides is 3. The minimum Gasteiger partial charge on any atom is -0.343 e. The molecule has 0 unspecified atom stereocenters. The van der Waals surface area contributed by atoms with Gasteiger partial charge in [0.25, 0.3) is 5.91 Å². The monoisotopic (exact) mass is 446 g/mol. The normalized spacial score (nSPS) is 14.7. The van der Waals surface area contributed by atoms with Crippen molar-refractivity contribution >= 4 is 22.6 Å². The molecule has 2 heterocycles. The standard InChI is InChI=1S/C22H21F3N4OS/c1-15-2-4-16(5-3-15)14-19-26-21(31-27-19)29-12-10-28(11-13-29)20(30)17-6-8-18(9-7-17)22(23,24)25/h2-9H,10-14H2,1H3. The van der Waals surface area contributed by atoms with Crippen LogP contribution in [0.3, 0.4) is 0 Å². The Bertz CT molecular complexity index is 1040. The quantitative estimate of drug-likeness (QED) is 0.596. The van der Waals surface area contributed by atoms with E-state index in [1.807, 2.05) is 6.92 Å². The van der Waals surface area contributed by atoms with Gasteiger partial charge in [-0.05, 0) is 36.8 Å². The molecule has 1 amide bonds. The van der Waals surface area contributed by atoms with Gasteiger partial charge < -0.3 is 9.80 Å². The summed E-state index contributed by atoms with van der Waals surface area (Å²) in [5.74, 6) is 0.512. The average Bonchev–Trinajstić information content (AvgIpc) is 3.23. The molecule has 1 aliphatic rings. The highest BCUT2D eigenvalue weighted by molar-refractivity contribution is 7.09. The molecule has 1 saturated heterocycles. The fourth-order valence-corrected chi connectivity index (χ4v) is 4.16. The van der Waals surface area contributed by atoms with E-state index in [2.05, 4.69) is 38.5 Å². The van der Waals surface area contributed by atoms with E-state index in [-0.39, 0.29) is 11.5 Å². The first kappa shape index (κ1) is 21.3. The number of aromatic nitrogens is 2. The minimum atomic E-state index is -4.41. The number of rotatable bonds is 4. The molecule has 0 atom stereocenters. The predicted molar refractivity (Wildman–Crippen MR) is 113 cm³/mol. The van der Waals surface area contributed by atoms with Crippen molar-refractivity contribution in [3.05, 3.63) is 76.6 Å². The molecule has 0 N–H and O–H groups in total. The van der Waals surface area contributed by atoms with Gasteiger partial charge in [0.15, 0.2) is 0 Å². The molecule has 5 nitrogen and oxygen atoms in total. The van der Waals surface area contributed by atoms with Crippen molar-refractivity contribution < 1.29 is 18.0 Å². The predicted octanol–water partition coefficient (Wildman–Crippen LogP) is 4.42. The molecule has 0 aliphatic carbocycles. The van der Waals surface area contributed by atoms with Gasteiger partial charge in [-0.3, -0.25) is 4.79 Å². The average molecular weight is 446 g/mol. The fourth-order valence-electron chi connectivity index (χ4n) is 3.42. The molecule has 2 aromatic carbocycles. The van der Waals surface area contributed by atoms with Crippen LogP contribution in [0.1, 0.15) is 32.9 Å². The summed E-state index contributed by atoms with van der Waals surface area (Å²) in [6.45, 7) is 4.21. The highest BCUT2D eigenvalue weighted by atomic mass is 32.1. The number of amides is 1. The van der Waals surface area contributed by atoms with E-state index in [1.165, 1.54) is 29.2 Å². The molecule has 4 rings (SSSR count). The highest BCUT2D eigenvalue weighted by Crippen LogP contribution is 2.29. The van der Waals surface area contributed by atoms with E-state index in [4.69, 9.17) is 0 Å². The molecule has 31 heavy (non-hydrogen) atoms. The number of carbonyl (C=O) groups is 1. The molecule has 1 aliphatic heterocycles. The van der Waals surface area contributed by atoms with Crippen molar-refractivity contribution in [1.29, 1.82) is 0 Å². The van der Waals surface area contributed by atoms with Crippen molar-refractivity contribution in [3.63, 3.8) is 0 Å². The maximum Gasteiger partial charge on any atom is 0.416 e. The van der Waals surface area contributed by atoms with Crippen LogP contribution in [0.25, 0.3) is 0 Å². The molecule has 1 aromatic heterocycles. The zero-order valence-corrected chi connectivity index (χ0v) is 17.7. The summed E-state index contributed by atoms with van der Waals surface area (Å²) in [5, 5.41) is 0.823. The second kappa shape index (κ2) is 8.66. The molecular formula is C22H21F3N4OS. The van der Waals surface area contributed by atoms with Crippen LogP contribution >= 0.6 is 11.5 Å². The van der Waals surface area contributed by atoms with Gasteiger partial charge in [0.1, 0.15) is 5.82 Å². The molecule has 3 aromatic rings. The van der Waals surface area contributed by atoms with E-state index in [1.54, 1.807) is 4.90 Å². The Morgan fingerprint density at radius 2 is 1.65 bits per heavy atom. The van der Waals surface area contributed by atoms with Gasteiger partial charge in [0.2, 0.25) is 5.13 Å². The summed E-state index contributed by atoms with van der Waals surface area (Å²) in [6, 6.07) is 12.6. The first-order valence-electron chi connectivity index (χ1n) is 9.89. The Morgan fingerprint density at radius 3 is 2.26 bits per heavy atom. The molecule has 0 radical (unpaired) electrons. The second-order valence-corrected chi connectivity index (χ2v) is 8.24.